The third-order valence-electron chi connectivity index (χ3n) is 6.37. The van der Waals surface area contributed by atoms with Gasteiger partial charge in [0.1, 0.15) is 0 Å². The standard InChI is InChI=1S/C20H30N2O3S/c23-19-12-16-14-22(20(24)5-1-3-17-4-2-10-26-17)13-15(16)11-18(19)21-6-8-25-9-7-21/h2,4,10,15-16,18-19,23H,1,3,5-9,11-14H2/t15-,16+,18-,19-/m1/s1. The minimum Gasteiger partial charge on any atom is -0.391 e. The van der Waals surface area contributed by atoms with Crippen molar-refractivity contribution in [3.63, 3.8) is 0 Å². The Morgan fingerprint density at radius 2 is 2.00 bits per heavy atom. The van der Waals surface area contributed by atoms with Crippen LogP contribution in [0.5, 0.6) is 0 Å². The highest BCUT2D eigenvalue weighted by Crippen LogP contribution is 2.38. The van der Waals surface area contributed by atoms with Crippen molar-refractivity contribution in [2.75, 3.05) is 39.4 Å². The van der Waals surface area contributed by atoms with Gasteiger partial charge in [-0.25, -0.2) is 0 Å². The van der Waals surface area contributed by atoms with Gasteiger partial charge in [-0.05, 0) is 49.0 Å². The highest BCUT2D eigenvalue weighted by atomic mass is 32.1. The summed E-state index contributed by atoms with van der Waals surface area (Å²) >= 11 is 1.77. The van der Waals surface area contributed by atoms with E-state index < -0.39 is 0 Å². The maximum absolute atomic E-state index is 12.6. The van der Waals surface area contributed by atoms with E-state index in [1.54, 1.807) is 11.3 Å². The number of ether oxygens (including phenoxy) is 1. The van der Waals surface area contributed by atoms with Crippen molar-refractivity contribution in [1.82, 2.24) is 9.80 Å². The van der Waals surface area contributed by atoms with Crippen LogP contribution in [0.25, 0.3) is 0 Å². The molecule has 26 heavy (non-hydrogen) atoms. The number of aliphatic hydroxyl groups excluding tert-OH is 1. The molecule has 1 amide bonds. The molecule has 0 radical (unpaired) electrons. The smallest absolute Gasteiger partial charge is 0.222 e. The molecule has 6 heteroatoms. The molecule has 1 N–H and O–H groups in total. The fraction of sp³-hybridized carbons (Fsp3) is 0.750. The first-order valence-corrected chi connectivity index (χ1v) is 10.9. The Labute approximate surface area is 159 Å². The quantitative estimate of drug-likeness (QED) is 0.852. The van der Waals surface area contributed by atoms with Gasteiger partial charge in [-0.15, -0.1) is 11.3 Å². The van der Waals surface area contributed by atoms with Crippen molar-refractivity contribution >= 4 is 17.2 Å². The van der Waals surface area contributed by atoms with E-state index in [-0.39, 0.29) is 12.1 Å². The molecule has 3 aliphatic rings. The van der Waals surface area contributed by atoms with Gasteiger partial charge in [-0.3, -0.25) is 9.69 Å². The zero-order chi connectivity index (χ0) is 17.9. The maximum atomic E-state index is 12.6. The molecule has 5 nitrogen and oxygen atoms in total. The zero-order valence-electron chi connectivity index (χ0n) is 15.4. The summed E-state index contributed by atoms with van der Waals surface area (Å²) < 4.78 is 5.45. The van der Waals surface area contributed by atoms with Crippen LogP contribution in [0, 0.1) is 11.8 Å². The minimum atomic E-state index is -0.261. The summed E-state index contributed by atoms with van der Waals surface area (Å²) in [5.41, 5.74) is 0. The number of morpholine rings is 1. The molecule has 0 aromatic carbocycles. The molecule has 4 atom stereocenters. The third kappa shape index (κ3) is 4.14. The monoisotopic (exact) mass is 378 g/mol. The molecule has 1 aliphatic carbocycles. The van der Waals surface area contributed by atoms with Gasteiger partial charge in [-0.1, -0.05) is 6.07 Å². The number of likely N-dealkylation sites (tertiary alicyclic amines) is 1. The van der Waals surface area contributed by atoms with E-state index in [4.69, 9.17) is 4.74 Å². The molecule has 0 spiro atoms. The van der Waals surface area contributed by atoms with Crippen LogP contribution in [0.4, 0.5) is 0 Å². The Balaban J connectivity index is 1.27. The number of nitrogens with zero attached hydrogens (tertiary/aromatic N) is 2. The lowest BCUT2D eigenvalue weighted by molar-refractivity contribution is -0.130. The summed E-state index contributed by atoms with van der Waals surface area (Å²) in [5, 5.41) is 12.8. The summed E-state index contributed by atoms with van der Waals surface area (Å²) in [6.45, 7) is 5.11. The van der Waals surface area contributed by atoms with Crippen molar-refractivity contribution in [3.05, 3.63) is 22.4 Å². The van der Waals surface area contributed by atoms with E-state index in [2.05, 4.69) is 27.3 Å². The minimum absolute atomic E-state index is 0.244. The molecule has 2 aliphatic heterocycles. The summed E-state index contributed by atoms with van der Waals surface area (Å²) in [7, 11) is 0. The van der Waals surface area contributed by atoms with Crippen LogP contribution >= 0.6 is 11.3 Å². The van der Waals surface area contributed by atoms with Gasteiger partial charge in [-0.2, -0.15) is 0 Å². The van der Waals surface area contributed by atoms with E-state index >= 15 is 0 Å². The molecule has 0 unspecified atom stereocenters. The summed E-state index contributed by atoms with van der Waals surface area (Å²) in [5.74, 6) is 1.32. The van der Waals surface area contributed by atoms with Crippen molar-refractivity contribution in [3.8, 4) is 0 Å². The SMILES string of the molecule is O=C(CCCc1cccs1)N1C[C@H]2C[C@@H](N3CCOCC3)[C@H](O)C[C@H]2C1. The second-order valence-corrected chi connectivity index (χ2v) is 9.04. The van der Waals surface area contributed by atoms with Crippen molar-refractivity contribution in [2.45, 2.75) is 44.2 Å². The number of carbonyl (C=O) groups is 1. The average Bonchev–Trinajstić information content (AvgIpc) is 3.31. The number of aryl methyl sites for hydroxylation is 1. The summed E-state index contributed by atoms with van der Waals surface area (Å²) in [6, 6.07) is 4.46. The van der Waals surface area contributed by atoms with Gasteiger partial charge in [0.15, 0.2) is 0 Å². The van der Waals surface area contributed by atoms with Crippen molar-refractivity contribution in [2.24, 2.45) is 11.8 Å². The van der Waals surface area contributed by atoms with Gasteiger partial charge in [0.25, 0.3) is 0 Å². The molecular weight excluding hydrogens is 348 g/mol. The first-order valence-electron chi connectivity index (χ1n) is 10.0. The highest BCUT2D eigenvalue weighted by Gasteiger charge is 2.44. The predicted octanol–water partition coefficient (Wildman–Crippen LogP) is 2.00. The lowest BCUT2D eigenvalue weighted by atomic mass is 9.77. The lowest BCUT2D eigenvalue weighted by Crippen LogP contribution is -2.53. The molecule has 2 saturated heterocycles. The second-order valence-electron chi connectivity index (χ2n) is 8.01. The molecule has 4 rings (SSSR count). The van der Waals surface area contributed by atoms with Crippen LogP contribution in [0.15, 0.2) is 17.5 Å². The van der Waals surface area contributed by atoms with E-state index in [1.807, 2.05) is 0 Å². The summed E-state index contributed by atoms with van der Waals surface area (Å²) in [6.07, 6.45) is 4.18. The number of thiophene rings is 1. The Morgan fingerprint density at radius 3 is 2.73 bits per heavy atom. The number of fused-ring (bicyclic) bond motifs is 1. The van der Waals surface area contributed by atoms with Crippen LogP contribution in [-0.4, -0.2) is 72.4 Å². The molecule has 0 bridgehead atoms. The van der Waals surface area contributed by atoms with E-state index in [9.17, 15) is 9.90 Å². The predicted molar refractivity (Wildman–Crippen MR) is 102 cm³/mol. The Hall–Kier alpha value is -0.950. The van der Waals surface area contributed by atoms with E-state index in [1.165, 1.54) is 4.88 Å². The number of carbonyl (C=O) groups excluding carboxylic acids is 1. The Kier molecular flexibility index (Phi) is 5.93. The van der Waals surface area contributed by atoms with Gasteiger partial charge >= 0.3 is 0 Å². The first kappa shape index (κ1) is 18.4. The van der Waals surface area contributed by atoms with Crippen molar-refractivity contribution in [1.29, 1.82) is 0 Å². The number of rotatable bonds is 5. The first-order chi connectivity index (χ1) is 12.7. The normalized spacial score (nSPS) is 32.6. The molecule has 1 aromatic heterocycles. The van der Waals surface area contributed by atoms with Crippen LogP contribution < -0.4 is 0 Å². The third-order valence-corrected chi connectivity index (χ3v) is 7.31. The maximum Gasteiger partial charge on any atom is 0.222 e. The Morgan fingerprint density at radius 1 is 1.23 bits per heavy atom. The average molecular weight is 379 g/mol. The van der Waals surface area contributed by atoms with Gasteiger partial charge < -0.3 is 14.7 Å². The van der Waals surface area contributed by atoms with E-state index in [0.29, 0.717) is 24.2 Å². The second kappa shape index (κ2) is 8.38. The number of hydrogen-bond donors (Lipinski definition) is 1. The zero-order valence-corrected chi connectivity index (χ0v) is 16.2. The molecule has 3 fully saturated rings. The Bertz CT molecular complexity index is 588. The number of aliphatic hydroxyl groups is 1. The summed E-state index contributed by atoms with van der Waals surface area (Å²) in [4.78, 5) is 18.5. The van der Waals surface area contributed by atoms with Crippen molar-refractivity contribution < 1.29 is 14.6 Å². The van der Waals surface area contributed by atoms with Crippen LogP contribution in [-0.2, 0) is 16.0 Å². The van der Waals surface area contributed by atoms with Crippen LogP contribution in [0.3, 0.4) is 0 Å². The highest BCUT2D eigenvalue weighted by molar-refractivity contribution is 7.09. The van der Waals surface area contributed by atoms with Gasteiger partial charge in [0.2, 0.25) is 5.91 Å². The van der Waals surface area contributed by atoms with Gasteiger partial charge in [0.05, 0.1) is 19.3 Å². The number of amides is 1. The fourth-order valence-electron chi connectivity index (χ4n) is 4.94. The molecular formula is C20H30N2O3S. The van der Waals surface area contributed by atoms with Crippen LogP contribution in [0.1, 0.15) is 30.6 Å². The number of hydrogen-bond acceptors (Lipinski definition) is 5. The molecule has 3 heterocycles. The molecule has 1 saturated carbocycles. The lowest BCUT2D eigenvalue weighted by Gasteiger charge is -2.43. The largest absolute Gasteiger partial charge is 0.391 e. The molecule has 144 valence electrons. The fourth-order valence-corrected chi connectivity index (χ4v) is 5.69. The van der Waals surface area contributed by atoms with Crippen LogP contribution in [0.2, 0.25) is 0 Å². The molecule has 1 aromatic rings. The van der Waals surface area contributed by atoms with E-state index in [0.717, 1.165) is 65.1 Å². The van der Waals surface area contributed by atoms with Gasteiger partial charge in [0, 0.05) is 43.5 Å². The topological polar surface area (TPSA) is 53.0 Å².